The van der Waals surface area contributed by atoms with Crippen molar-refractivity contribution in [2.75, 3.05) is 6.61 Å². The molecular weight excluding hydrogens is 324 g/mol. The number of benzene rings is 2. The lowest BCUT2D eigenvalue weighted by molar-refractivity contribution is -0.134. The fraction of sp³-hybridized carbons (Fsp3) is 0.435. The van der Waals surface area contributed by atoms with Gasteiger partial charge in [0.05, 0.1) is 6.61 Å². The maximum atomic E-state index is 12.1. The summed E-state index contributed by atoms with van der Waals surface area (Å²) in [4.78, 5) is 12.1. The molecule has 0 unspecified atom stereocenters. The molecule has 0 aliphatic heterocycles. The van der Waals surface area contributed by atoms with E-state index in [0.717, 1.165) is 11.3 Å². The number of rotatable bonds is 7. The van der Waals surface area contributed by atoms with Crippen LogP contribution in [0.2, 0.25) is 0 Å². The zero-order chi connectivity index (χ0) is 19.2. The van der Waals surface area contributed by atoms with Crippen molar-refractivity contribution < 1.29 is 14.3 Å². The van der Waals surface area contributed by atoms with Crippen LogP contribution in [0.3, 0.4) is 0 Å². The topological polar surface area (TPSA) is 35.5 Å². The summed E-state index contributed by atoms with van der Waals surface area (Å²) in [6.07, 6.45) is 0.963. The highest BCUT2D eigenvalue weighted by atomic mass is 16.5. The van der Waals surface area contributed by atoms with Gasteiger partial charge in [0, 0.05) is 12.0 Å². The molecule has 0 spiro atoms. The molecule has 3 heteroatoms. The molecular formula is C23H30O3. The van der Waals surface area contributed by atoms with Crippen LogP contribution in [0.5, 0.6) is 11.5 Å². The van der Waals surface area contributed by atoms with Gasteiger partial charge in [0.2, 0.25) is 0 Å². The van der Waals surface area contributed by atoms with Gasteiger partial charge in [-0.05, 0) is 41.5 Å². The first kappa shape index (κ1) is 20.0. The van der Waals surface area contributed by atoms with Gasteiger partial charge < -0.3 is 9.47 Å². The molecule has 0 aromatic heterocycles. The fourth-order valence-electron chi connectivity index (χ4n) is 2.70. The first-order valence-electron chi connectivity index (χ1n) is 9.30. The summed E-state index contributed by atoms with van der Waals surface area (Å²) in [5, 5.41) is 0. The number of hydrogen-bond acceptors (Lipinski definition) is 3. The van der Waals surface area contributed by atoms with Gasteiger partial charge in [-0.1, -0.05) is 65.0 Å². The van der Waals surface area contributed by atoms with E-state index >= 15 is 0 Å². The van der Waals surface area contributed by atoms with Gasteiger partial charge in [0.1, 0.15) is 11.5 Å². The highest BCUT2D eigenvalue weighted by Crippen LogP contribution is 2.31. The minimum atomic E-state index is -0.222. The predicted octanol–water partition coefficient (Wildman–Crippen LogP) is 5.87. The minimum Gasteiger partial charge on any atom is -0.494 e. The van der Waals surface area contributed by atoms with Crippen LogP contribution in [0.25, 0.3) is 0 Å². The number of carbonyl (C=O) groups excluding carboxylic acids is 1. The van der Waals surface area contributed by atoms with Crippen LogP contribution in [0.15, 0.2) is 48.5 Å². The molecule has 140 valence electrons. The van der Waals surface area contributed by atoms with E-state index in [-0.39, 0.29) is 11.4 Å². The largest absolute Gasteiger partial charge is 0.494 e. The minimum absolute atomic E-state index is 0.0673. The van der Waals surface area contributed by atoms with Crippen molar-refractivity contribution in [2.45, 2.75) is 58.8 Å². The van der Waals surface area contributed by atoms with E-state index in [9.17, 15) is 4.79 Å². The summed E-state index contributed by atoms with van der Waals surface area (Å²) in [6, 6.07) is 15.8. The first-order valence-corrected chi connectivity index (χ1v) is 9.30. The van der Waals surface area contributed by atoms with E-state index in [4.69, 9.17) is 9.47 Å². The molecule has 2 aromatic rings. The first-order chi connectivity index (χ1) is 12.3. The summed E-state index contributed by atoms with van der Waals surface area (Å²) in [5.74, 6) is 1.77. The Morgan fingerprint density at radius 2 is 1.65 bits per heavy atom. The second-order valence-electron chi connectivity index (χ2n) is 7.90. The van der Waals surface area contributed by atoms with Crippen LogP contribution in [0, 0.1) is 0 Å². The van der Waals surface area contributed by atoms with Gasteiger partial charge in [-0.2, -0.15) is 0 Å². The smallest absolute Gasteiger partial charge is 0.311 e. The van der Waals surface area contributed by atoms with Crippen LogP contribution in [-0.2, 0) is 10.2 Å². The van der Waals surface area contributed by atoms with E-state index in [1.807, 2.05) is 36.4 Å². The molecule has 0 aliphatic carbocycles. The Morgan fingerprint density at radius 1 is 1.00 bits per heavy atom. The molecule has 0 aliphatic rings. The van der Waals surface area contributed by atoms with Gasteiger partial charge >= 0.3 is 5.97 Å². The fourth-order valence-corrected chi connectivity index (χ4v) is 2.70. The lowest BCUT2D eigenvalue weighted by atomic mass is 9.86. The van der Waals surface area contributed by atoms with E-state index in [2.05, 4.69) is 46.8 Å². The third-order valence-corrected chi connectivity index (χ3v) is 4.26. The average Bonchev–Trinajstić information content (AvgIpc) is 2.58. The molecule has 2 aromatic carbocycles. The summed E-state index contributed by atoms with van der Waals surface area (Å²) in [5.41, 5.74) is 2.26. The van der Waals surface area contributed by atoms with Gasteiger partial charge in [0.25, 0.3) is 0 Å². The van der Waals surface area contributed by atoms with Crippen LogP contribution in [0.1, 0.15) is 64.5 Å². The molecule has 0 radical (unpaired) electrons. The summed E-state index contributed by atoms with van der Waals surface area (Å²) >= 11 is 0. The molecule has 0 heterocycles. The van der Waals surface area contributed by atoms with Crippen LogP contribution < -0.4 is 9.47 Å². The van der Waals surface area contributed by atoms with Gasteiger partial charge in [-0.3, -0.25) is 4.79 Å². The zero-order valence-corrected chi connectivity index (χ0v) is 16.5. The molecule has 0 N–H and O–H groups in total. The van der Waals surface area contributed by atoms with E-state index in [1.165, 1.54) is 5.56 Å². The van der Waals surface area contributed by atoms with Crippen molar-refractivity contribution in [1.29, 1.82) is 0 Å². The van der Waals surface area contributed by atoms with Crippen molar-refractivity contribution in [3.05, 3.63) is 59.7 Å². The maximum Gasteiger partial charge on any atom is 0.311 e. The Balaban J connectivity index is 1.79. The van der Waals surface area contributed by atoms with Crippen molar-refractivity contribution >= 4 is 5.97 Å². The highest BCUT2D eigenvalue weighted by molar-refractivity contribution is 5.72. The van der Waals surface area contributed by atoms with Crippen LogP contribution in [-0.4, -0.2) is 12.6 Å². The van der Waals surface area contributed by atoms with Crippen molar-refractivity contribution in [1.82, 2.24) is 0 Å². The van der Waals surface area contributed by atoms with Gasteiger partial charge in [-0.25, -0.2) is 0 Å². The quantitative estimate of drug-likeness (QED) is 0.354. The second-order valence-corrected chi connectivity index (χ2v) is 7.90. The van der Waals surface area contributed by atoms with Gasteiger partial charge in [0.15, 0.2) is 0 Å². The Hall–Kier alpha value is -2.29. The Morgan fingerprint density at radius 3 is 2.27 bits per heavy atom. The maximum absolute atomic E-state index is 12.1. The summed E-state index contributed by atoms with van der Waals surface area (Å²) in [6.45, 7) is 11.2. The second kappa shape index (κ2) is 8.88. The number of carbonyl (C=O) groups is 1. The average molecular weight is 354 g/mol. The third-order valence-electron chi connectivity index (χ3n) is 4.26. The molecule has 0 fully saturated rings. The molecule has 0 saturated carbocycles. The number of ether oxygens (including phenoxy) is 2. The molecule has 0 atom stereocenters. The van der Waals surface area contributed by atoms with E-state index in [1.54, 1.807) is 0 Å². The Labute approximate surface area is 157 Å². The van der Waals surface area contributed by atoms with Crippen LogP contribution in [0.4, 0.5) is 0 Å². The predicted molar refractivity (Wildman–Crippen MR) is 106 cm³/mol. The van der Waals surface area contributed by atoms with Crippen LogP contribution >= 0.6 is 0 Å². The number of hydrogen-bond donors (Lipinski definition) is 0. The normalized spacial score (nSPS) is 11.5. The van der Waals surface area contributed by atoms with Gasteiger partial charge in [-0.15, -0.1) is 0 Å². The Bertz CT molecular complexity index is 709. The highest BCUT2D eigenvalue weighted by Gasteiger charge is 2.19. The van der Waals surface area contributed by atoms with Crippen molar-refractivity contribution in [3.63, 3.8) is 0 Å². The molecule has 0 saturated heterocycles. The molecule has 2 rings (SSSR count). The summed E-state index contributed by atoms with van der Waals surface area (Å²) < 4.78 is 11.3. The Kier molecular flexibility index (Phi) is 6.84. The monoisotopic (exact) mass is 354 g/mol. The molecule has 0 bridgehead atoms. The number of esters is 1. The lowest BCUT2D eigenvalue weighted by Crippen LogP contribution is -2.16. The SMILES string of the molecule is CC(C)c1ccc(OCCCC(=O)Oc2ccccc2C(C)(C)C)cc1. The molecule has 0 amide bonds. The lowest BCUT2D eigenvalue weighted by Gasteiger charge is -2.22. The summed E-state index contributed by atoms with van der Waals surface area (Å²) in [7, 11) is 0. The molecule has 3 nitrogen and oxygen atoms in total. The zero-order valence-electron chi connectivity index (χ0n) is 16.5. The van der Waals surface area contributed by atoms with E-state index in [0.29, 0.717) is 31.1 Å². The molecule has 26 heavy (non-hydrogen) atoms. The van der Waals surface area contributed by atoms with Crippen molar-refractivity contribution in [2.24, 2.45) is 0 Å². The van der Waals surface area contributed by atoms with E-state index < -0.39 is 0 Å². The third kappa shape index (κ3) is 5.91. The standard InChI is InChI=1S/C23H30O3/c1-17(2)18-12-14-19(15-13-18)25-16-8-11-22(24)26-21-10-7-6-9-20(21)23(3,4)5/h6-7,9-10,12-15,17H,8,11,16H2,1-5H3. The van der Waals surface area contributed by atoms with Crippen molar-refractivity contribution in [3.8, 4) is 11.5 Å². The number of para-hydroxylation sites is 1.